The van der Waals surface area contributed by atoms with Gasteiger partial charge in [0.25, 0.3) is 0 Å². The number of likely N-dealkylation sites (tertiary alicyclic amines) is 1. The summed E-state index contributed by atoms with van der Waals surface area (Å²) in [4.78, 5) is 16.1. The third kappa shape index (κ3) is 4.79. The first kappa shape index (κ1) is 15.9. The molecule has 116 valence electrons. The SMILES string of the molecule is CN1CCC(N(C)C(=O)NCOc2ccc(Cl)cc2)CC1. The van der Waals surface area contributed by atoms with Crippen molar-refractivity contribution in [3.8, 4) is 5.75 Å². The molecule has 1 heterocycles. The maximum atomic E-state index is 12.1. The van der Waals surface area contributed by atoms with E-state index < -0.39 is 0 Å². The van der Waals surface area contributed by atoms with Gasteiger partial charge in [0.15, 0.2) is 6.73 Å². The van der Waals surface area contributed by atoms with Crippen LogP contribution in [0.15, 0.2) is 24.3 Å². The lowest BCUT2D eigenvalue weighted by molar-refractivity contribution is 0.142. The Balaban J connectivity index is 1.72. The van der Waals surface area contributed by atoms with E-state index in [1.54, 1.807) is 29.2 Å². The minimum Gasteiger partial charge on any atom is -0.473 e. The van der Waals surface area contributed by atoms with E-state index in [-0.39, 0.29) is 12.8 Å². The molecule has 21 heavy (non-hydrogen) atoms. The molecular formula is C15H22ClN3O2. The Morgan fingerprint density at radius 2 is 2.00 bits per heavy atom. The molecule has 1 aromatic carbocycles. The van der Waals surface area contributed by atoms with E-state index in [0.717, 1.165) is 25.9 Å². The number of carbonyl (C=O) groups excluding carboxylic acids is 1. The molecule has 1 aliphatic rings. The van der Waals surface area contributed by atoms with Crippen LogP contribution in [0.4, 0.5) is 4.79 Å². The number of halogens is 1. The molecule has 1 saturated heterocycles. The number of urea groups is 1. The van der Waals surface area contributed by atoms with Gasteiger partial charge in [-0.1, -0.05) is 11.6 Å². The van der Waals surface area contributed by atoms with Crippen molar-refractivity contribution in [1.29, 1.82) is 0 Å². The second-order valence-electron chi connectivity index (χ2n) is 5.37. The van der Waals surface area contributed by atoms with Gasteiger partial charge in [-0.25, -0.2) is 4.79 Å². The highest BCUT2D eigenvalue weighted by molar-refractivity contribution is 6.30. The van der Waals surface area contributed by atoms with Crippen molar-refractivity contribution in [2.75, 3.05) is 33.9 Å². The fourth-order valence-electron chi connectivity index (χ4n) is 2.38. The van der Waals surface area contributed by atoms with Crippen LogP contribution in [-0.4, -0.2) is 55.8 Å². The number of rotatable bonds is 4. The van der Waals surface area contributed by atoms with Gasteiger partial charge in [-0.15, -0.1) is 0 Å². The molecule has 0 atom stereocenters. The van der Waals surface area contributed by atoms with Crippen molar-refractivity contribution in [1.82, 2.24) is 15.1 Å². The number of ether oxygens (including phenoxy) is 1. The highest BCUT2D eigenvalue weighted by atomic mass is 35.5. The number of carbonyl (C=O) groups is 1. The topological polar surface area (TPSA) is 44.8 Å². The molecule has 5 nitrogen and oxygen atoms in total. The van der Waals surface area contributed by atoms with E-state index in [1.807, 2.05) is 7.05 Å². The van der Waals surface area contributed by atoms with Crippen molar-refractivity contribution >= 4 is 17.6 Å². The molecule has 0 aromatic heterocycles. The van der Waals surface area contributed by atoms with Gasteiger partial charge in [0.1, 0.15) is 5.75 Å². The second kappa shape index (κ2) is 7.52. The van der Waals surface area contributed by atoms with E-state index in [1.165, 1.54) is 0 Å². The van der Waals surface area contributed by atoms with E-state index in [4.69, 9.17) is 16.3 Å². The molecule has 2 rings (SSSR count). The number of hydrogen-bond donors (Lipinski definition) is 1. The number of piperidine rings is 1. The first-order valence-electron chi connectivity index (χ1n) is 7.14. The average molecular weight is 312 g/mol. The molecular weight excluding hydrogens is 290 g/mol. The van der Waals surface area contributed by atoms with Crippen molar-refractivity contribution in [2.45, 2.75) is 18.9 Å². The van der Waals surface area contributed by atoms with Crippen molar-refractivity contribution in [3.05, 3.63) is 29.3 Å². The van der Waals surface area contributed by atoms with Crippen LogP contribution in [0.2, 0.25) is 5.02 Å². The Labute approximate surface area is 130 Å². The molecule has 0 aliphatic carbocycles. The summed E-state index contributed by atoms with van der Waals surface area (Å²) >= 11 is 5.80. The third-order valence-electron chi connectivity index (χ3n) is 3.83. The fourth-order valence-corrected chi connectivity index (χ4v) is 2.51. The van der Waals surface area contributed by atoms with Gasteiger partial charge in [0, 0.05) is 18.1 Å². The van der Waals surface area contributed by atoms with Gasteiger partial charge in [0.05, 0.1) is 0 Å². The van der Waals surface area contributed by atoms with E-state index >= 15 is 0 Å². The largest absolute Gasteiger partial charge is 0.473 e. The molecule has 1 aromatic rings. The van der Waals surface area contributed by atoms with E-state index in [0.29, 0.717) is 16.8 Å². The van der Waals surface area contributed by atoms with Crippen LogP contribution >= 0.6 is 11.6 Å². The zero-order chi connectivity index (χ0) is 15.2. The lowest BCUT2D eigenvalue weighted by Crippen LogP contribution is -2.48. The Hall–Kier alpha value is -1.46. The Bertz CT molecular complexity index is 458. The van der Waals surface area contributed by atoms with Crippen molar-refractivity contribution < 1.29 is 9.53 Å². The first-order valence-corrected chi connectivity index (χ1v) is 7.51. The predicted octanol–water partition coefficient (Wildman–Crippen LogP) is 2.41. The van der Waals surface area contributed by atoms with E-state index in [9.17, 15) is 4.79 Å². The fraction of sp³-hybridized carbons (Fsp3) is 0.533. The normalized spacial score (nSPS) is 16.5. The number of benzene rings is 1. The van der Waals surface area contributed by atoms with Gasteiger partial charge >= 0.3 is 6.03 Å². The highest BCUT2D eigenvalue weighted by Gasteiger charge is 2.23. The number of amides is 2. The van der Waals surface area contributed by atoms with Crippen LogP contribution in [-0.2, 0) is 0 Å². The summed E-state index contributed by atoms with van der Waals surface area (Å²) in [6.45, 7) is 2.21. The molecule has 0 saturated carbocycles. The zero-order valence-corrected chi connectivity index (χ0v) is 13.3. The zero-order valence-electron chi connectivity index (χ0n) is 12.5. The lowest BCUT2D eigenvalue weighted by atomic mass is 10.0. The van der Waals surface area contributed by atoms with Gasteiger partial charge in [-0.2, -0.15) is 0 Å². The number of nitrogens with zero attached hydrogens (tertiary/aromatic N) is 2. The van der Waals surface area contributed by atoms with Crippen LogP contribution in [0.25, 0.3) is 0 Å². The van der Waals surface area contributed by atoms with Gasteiger partial charge in [0.2, 0.25) is 0 Å². The molecule has 0 unspecified atom stereocenters. The summed E-state index contributed by atoms with van der Waals surface area (Å²) in [5.74, 6) is 0.682. The molecule has 2 amide bonds. The molecule has 6 heteroatoms. The van der Waals surface area contributed by atoms with Crippen LogP contribution in [0.5, 0.6) is 5.75 Å². The number of nitrogens with one attached hydrogen (secondary N) is 1. The molecule has 0 radical (unpaired) electrons. The summed E-state index contributed by atoms with van der Waals surface area (Å²) < 4.78 is 5.46. The Morgan fingerprint density at radius 3 is 2.62 bits per heavy atom. The molecule has 0 spiro atoms. The highest BCUT2D eigenvalue weighted by Crippen LogP contribution is 2.16. The number of hydrogen-bond acceptors (Lipinski definition) is 3. The maximum Gasteiger partial charge on any atom is 0.319 e. The second-order valence-corrected chi connectivity index (χ2v) is 5.81. The van der Waals surface area contributed by atoms with E-state index in [2.05, 4.69) is 17.3 Å². The molecule has 1 aliphatic heterocycles. The minimum absolute atomic E-state index is 0.0986. The van der Waals surface area contributed by atoms with Crippen LogP contribution in [0.3, 0.4) is 0 Å². The molecule has 0 bridgehead atoms. The third-order valence-corrected chi connectivity index (χ3v) is 4.08. The molecule has 1 N–H and O–H groups in total. The van der Waals surface area contributed by atoms with Gasteiger partial charge < -0.3 is 19.9 Å². The summed E-state index contributed by atoms with van der Waals surface area (Å²) in [5.41, 5.74) is 0. The van der Waals surface area contributed by atoms with Crippen LogP contribution in [0, 0.1) is 0 Å². The van der Waals surface area contributed by atoms with Crippen LogP contribution in [0.1, 0.15) is 12.8 Å². The lowest BCUT2D eigenvalue weighted by Gasteiger charge is -2.35. The Kier molecular flexibility index (Phi) is 5.70. The van der Waals surface area contributed by atoms with Crippen molar-refractivity contribution in [2.24, 2.45) is 0 Å². The average Bonchev–Trinajstić information content (AvgIpc) is 2.49. The summed E-state index contributed by atoms with van der Waals surface area (Å²) in [7, 11) is 3.95. The van der Waals surface area contributed by atoms with Gasteiger partial charge in [-0.05, 0) is 57.2 Å². The van der Waals surface area contributed by atoms with Gasteiger partial charge in [-0.3, -0.25) is 0 Å². The summed E-state index contributed by atoms with van der Waals surface area (Å²) in [6, 6.07) is 7.26. The molecule has 1 fully saturated rings. The first-order chi connectivity index (χ1) is 10.1. The summed E-state index contributed by atoms with van der Waals surface area (Å²) in [5, 5.41) is 3.43. The summed E-state index contributed by atoms with van der Waals surface area (Å²) in [6.07, 6.45) is 2.02. The van der Waals surface area contributed by atoms with Crippen LogP contribution < -0.4 is 10.1 Å². The standard InChI is InChI=1S/C15H22ClN3O2/c1-18-9-7-13(8-10-18)19(2)15(20)17-11-21-14-5-3-12(16)4-6-14/h3-6,13H,7-11H2,1-2H3,(H,17,20). The quantitative estimate of drug-likeness (QED) is 0.869. The maximum absolute atomic E-state index is 12.1. The predicted molar refractivity (Wildman–Crippen MR) is 83.8 cm³/mol. The minimum atomic E-state index is -0.0986. The Morgan fingerprint density at radius 1 is 1.38 bits per heavy atom. The monoisotopic (exact) mass is 311 g/mol. The smallest absolute Gasteiger partial charge is 0.319 e. The van der Waals surface area contributed by atoms with Crippen molar-refractivity contribution in [3.63, 3.8) is 0 Å².